The van der Waals surface area contributed by atoms with Crippen LogP contribution >= 0.6 is 0 Å². The van der Waals surface area contributed by atoms with Crippen LogP contribution in [0.2, 0.25) is 0 Å². The number of rotatable bonds is 3. The summed E-state index contributed by atoms with van der Waals surface area (Å²) in [6, 6.07) is 58.5. The zero-order valence-corrected chi connectivity index (χ0v) is 24.4. The molecule has 0 aliphatic heterocycles. The summed E-state index contributed by atoms with van der Waals surface area (Å²) < 4.78 is 0. The normalized spacial score (nSPS) is 12.4. The van der Waals surface area contributed by atoms with Gasteiger partial charge in [-0.15, -0.1) is 0 Å². The lowest BCUT2D eigenvalue weighted by Gasteiger charge is -2.22. The van der Waals surface area contributed by atoms with Gasteiger partial charge < -0.3 is 0 Å². The molecule has 0 aromatic heterocycles. The number of fused-ring (bicyclic) bond motifs is 6. The molecule has 0 nitrogen and oxygen atoms in total. The predicted molar refractivity (Wildman–Crippen MR) is 188 cm³/mol. The van der Waals surface area contributed by atoms with Crippen LogP contribution in [0.5, 0.6) is 0 Å². The molecule has 0 saturated carbocycles. The summed E-state index contributed by atoms with van der Waals surface area (Å²) in [6.07, 6.45) is 2.21. The molecule has 8 aromatic rings. The first-order valence-corrected chi connectivity index (χ1v) is 15.6. The Hall–Kier alpha value is -5.46. The summed E-state index contributed by atoms with van der Waals surface area (Å²) in [5.74, 6) is 0. The topological polar surface area (TPSA) is 0 Å². The molecule has 1 aliphatic carbocycles. The molecular formula is C44H30. The quantitative estimate of drug-likeness (QED) is 0.189. The minimum Gasteiger partial charge on any atom is -0.0620 e. The lowest BCUT2D eigenvalue weighted by atomic mass is 9.82. The van der Waals surface area contributed by atoms with E-state index >= 15 is 0 Å². The first kappa shape index (κ1) is 25.1. The number of hydrogen-bond acceptors (Lipinski definition) is 0. The van der Waals surface area contributed by atoms with Crippen molar-refractivity contribution in [2.24, 2.45) is 0 Å². The van der Waals surface area contributed by atoms with Crippen LogP contribution in [0.1, 0.15) is 11.1 Å². The summed E-state index contributed by atoms with van der Waals surface area (Å²) in [4.78, 5) is 0. The molecule has 0 amide bonds. The maximum atomic E-state index is 2.44. The number of aryl methyl sites for hydroxylation is 2. The smallest absolute Gasteiger partial charge is 0.00262 e. The van der Waals surface area contributed by atoms with Crippen LogP contribution in [0, 0.1) is 0 Å². The minimum atomic E-state index is 1.10. The SMILES string of the molecule is c1ccc2c(c1)CCc1ccc(-c3c4ccccc4c(-c4ccc(-c5ccc6ccccc6c5)cc4)c4ccccc34)cc1-2. The third kappa shape index (κ3) is 3.99. The highest BCUT2D eigenvalue weighted by atomic mass is 14.2. The van der Waals surface area contributed by atoms with Crippen LogP contribution in [0.15, 0.2) is 158 Å². The van der Waals surface area contributed by atoms with Crippen molar-refractivity contribution in [3.05, 3.63) is 169 Å². The average molecular weight is 559 g/mol. The molecule has 0 heterocycles. The molecule has 1 aliphatic rings. The Morgan fingerprint density at radius 3 is 1.50 bits per heavy atom. The molecule has 0 saturated heterocycles. The van der Waals surface area contributed by atoms with Gasteiger partial charge >= 0.3 is 0 Å². The van der Waals surface area contributed by atoms with Gasteiger partial charge in [0.25, 0.3) is 0 Å². The molecule has 0 N–H and O–H groups in total. The van der Waals surface area contributed by atoms with Crippen LogP contribution in [0.3, 0.4) is 0 Å². The van der Waals surface area contributed by atoms with E-state index in [2.05, 4.69) is 158 Å². The monoisotopic (exact) mass is 558 g/mol. The molecule has 0 spiro atoms. The molecule has 0 radical (unpaired) electrons. The van der Waals surface area contributed by atoms with Gasteiger partial charge in [0.2, 0.25) is 0 Å². The Kier molecular flexibility index (Phi) is 5.74. The van der Waals surface area contributed by atoms with E-state index in [1.165, 1.54) is 88.0 Å². The van der Waals surface area contributed by atoms with E-state index < -0.39 is 0 Å². The number of hydrogen-bond donors (Lipinski definition) is 0. The van der Waals surface area contributed by atoms with Crippen molar-refractivity contribution >= 4 is 32.3 Å². The summed E-state index contributed by atoms with van der Waals surface area (Å²) in [7, 11) is 0. The first-order valence-electron chi connectivity index (χ1n) is 15.6. The highest BCUT2D eigenvalue weighted by Gasteiger charge is 2.20. The highest BCUT2D eigenvalue weighted by molar-refractivity contribution is 6.21. The molecule has 0 atom stereocenters. The van der Waals surface area contributed by atoms with Crippen molar-refractivity contribution < 1.29 is 0 Å². The van der Waals surface area contributed by atoms with E-state index in [1.54, 1.807) is 0 Å². The van der Waals surface area contributed by atoms with E-state index in [1.807, 2.05) is 0 Å². The van der Waals surface area contributed by atoms with Gasteiger partial charge in [0.05, 0.1) is 0 Å². The Morgan fingerprint density at radius 1 is 0.295 bits per heavy atom. The van der Waals surface area contributed by atoms with Crippen molar-refractivity contribution in [1.82, 2.24) is 0 Å². The predicted octanol–water partition coefficient (Wildman–Crippen LogP) is 11.9. The fraction of sp³-hybridized carbons (Fsp3) is 0.0455. The largest absolute Gasteiger partial charge is 0.0620 e. The van der Waals surface area contributed by atoms with Crippen molar-refractivity contribution in [2.75, 3.05) is 0 Å². The highest BCUT2D eigenvalue weighted by Crippen LogP contribution is 2.45. The van der Waals surface area contributed by atoms with Crippen LogP contribution in [-0.2, 0) is 12.8 Å². The van der Waals surface area contributed by atoms with Crippen LogP contribution in [0.4, 0.5) is 0 Å². The van der Waals surface area contributed by atoms with Gasteiger partial charge in [-0.25, -0.2) is 0 Å². The molecule has 206 valence electrons. The fourth-order valence-electron chi connectivity index (χ4n) is 7.42. The lowest BCUT2D eigenvalue weighted by molar-refractivity contribution is 0.942. The van der Waals surface area contributed by atoms with Crippen molar-refractivity contribution in [1.29, 1.82) is 0 Å². The van der Waals surface area contributed by atoms with Gasteiger partial charge in [-0.05, 0) is 113 Å². The lowest BCUT2D eigenvalue weighted by Crippen LogP contribution is -2.03. The Balaban J connectivity index is 1.23. The minimum absolute atomic E-state index is 1.10. The molecule has 0 heteroatoms. The van der Waals surface area contributed by atoms with E-state index in [9.17, 15) is 0 Å². The molecular weight excluding hydrogens is 528 g/mol. The molecule has 0 fully saturated rings. The molecule has 0 unspecified atom stereocenters. The summed E-state index contributed by atoms with van der Waals surface area (Å²) in [5, 5.41) is 7.71. The van der Waals surface area contributed by atoms with Crippen LogP contribution < -0.4 is 0 Å². The average Bonchev–Trinajstić information content (AvgIpc) is 3.10. The zero-order chi connectivity index (χ0) is 29.0. The van der Waals surface area contributed by atoms with E-state index in [4.69, 9.17) is 0 Å². The Morgan fingerprint density at radius 2 is 0.795 bits per heavy atom. The van der Waals surface area contributed by atoms with Gasteiger partial charge in [0.15, 0.2) is 0 Å². The summed E-state index contributed by atoms with van der Waals surface area (Å²) in [6.45, 7) is 0. The summed E-state index contributed by atoms with van der Waals surface area (Å²) in [5.41, 5.74) is 13.3. The van der Waals surface area contributed by atoms with E-state index in [-0.39, 0.29) is 0 Å². The summed E-state index contributed by atoms with van der Waals surface area (Å²) >= 11 is 0. The maximum Gasteiger partial charge on any atom is -0.00262 e. The third-order valence-corrected chi connectivity index (χ3v) is 9.56. The third-order valence-electron chi connectivity index (χ3n) is 9.56. The Bertz CT molecular complexity index is 2320. The van der Waals surface area contributed by atoms with Gasteiger partial charge in [0.1, 0.15) is 0 Å². The fourth-order valence-corrected chi connectivity index (χ4v) is 7.42. The molecule has 44 heavy (non-hydrogen) atoms. The second kappa shape index (κ2) is 10.1. The van der Waals surface area contributed by atoms with Gasteiger partial charge in [0, 0.05) is 0 Å². The van der Waals surface area contributed by atoms with E-state index in [0.29, 0.717) is 0 Å². The second-order valence-electron chi connectivity index (χ2n) is 12.0. The second-order valence-corrected chi connectivity index (χ2v) is 12.0. The van der Waals surface area contributed by atoms with E-state index in [0.717, 1.165) is 12.8 Å². The van der Waals surface area contributed by atoms with Gasteiger partial charge in [-0.2, -0.15) is 0 Å². The van der Waals surface area contributed by atoms with Crippen molar-refractivity contribution in [3.63, 3.8) is 0 Å². The first-order chi connectivity index (χ1) is 21.8. The number of benzene rings is 8. The maximum absolute atomic E-state index is 2.44. The van der Waals surface area contributed by atoms with Crippen molar-refractivity contribution in [2.45, 2.75) is 12.8 Å². The van der Waals surface area contributed by atoms with Crippen LogP contribution in [0.25, 0.3) is 76.8 Å². The van der Waals surface area contributed by atoms with Crippen LogP contribution in [-0.4, -0.2) is 0 Å². The van der Waals surface area contributed by atoms with Gasteiger partial charge in [-0.3, -0.25) is 0 Å². The zero-order valence-electron chi connectivity index (χ0n) is 24.4. The van der Waals surface area contributed by atoms with Gasteiger partial charge in [-0.1, -0.05) is 146 Å². The van der Waals surface area contributed by atoms with Crippen molar-refractivity contribution in [3.8, 4) is 44.5 Å². The molecule has 9 rings (SSSR count). The molecule has 0 bridgehead atoms. The molecule has 8 aromatic carbocycles. The standard InChI is InChI=1S/C44H30/c1-2-11-34-27-35(25-19-29(34)9-1)30-17-23-33(24-18-30)43-38-13-5-7-15-40(38)44(41-16-8-6-14-39(41)43)36-26-22-32-21-20-31-10-3-4-12-37(31)42(32)28-36/h1-19,22-28H,20-21H2. The Labute approximate surface area is 257 Å².